The van der Waals surface area contributed by atoms with Crippen molar-refractivity contribution < 1.29 is 13.9 Å². The lowest BCUT2D eigenvalue weighted by molar-refractivity contribution is 0.0715. The van der Waals surface area contributed by atoms with Gasteiger partial charge in [0.15, 0.2) is 28.2 Å². The molecule has 0 saturated carbocycles. The highest BCUT2D eigenvalue weighted by atomic mass is 16.5. The zero-order valence-corrected chi connectivity index (χ0v) is 19.4. The lowest BCUT2D eigenvalue weighted by Gasteiger charge is -2.35. The number of para-hydroxylation sites is 1. The summed E-state index contributed by atoms with van der Waals surface area (Å²) in [5.74, 6) is 1.13. The minimum absolute atomic E-state index is 0.0408. The zero-order valence-electron chi connectivity index (χ0n) is 19.4. The van der Waals surface area contributed by atoms with E-state index in [1.165, 1.54) is 12.4 Å². The molecule has 2 aromatic carbocycles. The first-order valence-corrected chi connectivity index (χ1v) is 11.4. The van der Waals surface area contributed by atoms with Crippen LogP contribution in [0.2, 0.25) is 0 Å². The number of hydrogen-bond acceptors (Lipinski definition) is 9. The van der Waals surface area contributed by atoms with Gasteiger partial charge < -0.3 is 19.0 Å². The Hall–Kier alpha value is -4.80. The Balaban J connectivity index is 1.22. The van der Waals surface area contributed by atoms with E-state index >= 15 is 0 Å². The Morgan fingerprint density at radius 3 is 2.56 bits per heavy atom. The molecule has 0 unspecified atom stereocenters. The Labute approximate surface area is 204 Å². The number of anilines is 1. The van der Waals surface area contributed by atoms with Gasteiger partial charge in [-0.3, -0.25) is 9.59 Å². The van der Waals surface area contributed by atoms with E-state index in [1.807, 2.05) is 24.3 Å². The molecule has 1 aliphatic heterocycles. The summed E-state index contributed by atoms with van der Waals surface area (Å²) in [6.07, 6.45) is 1.49. The molecule has 180 valence electrons. The smallest absolute Gasteiger partial charge is 0.289 e. The largest absolute Gasteiger partial charge is 0.497 e. The molecule has 0 radical (unpaired) electrons. The average molecular weight is 483 g/mol. The Bertz CT molecular complexity index is 1640. The highest BCUT2D eigenvalue weighted by Gasteiger charge is 2.27. The second-order valence-electron chi connectivity index (χ2n) is 8.32. The fraction of sp³-hybridized carbons (Fsp3) is 0.200. The number of amides is 1. The summed E-state index contributed by atoms with van der Waals surface area (Å²) in [6.45, 7) is 1.94. The lowest BCUT2D eigenvalue weighted by atomic mass is 10.2. The third kappa shape index (κ3) is 3.70. The van der Waals surface area contributed by atoms with Crippen molar-refractivity contribution in [2.45, 2.75) is 0 Å². The van der Waals surface area contributed by atoms with Gasteiger partial charge in [0, 0.05) is 32.2 Å². The highest BCUT2D eigenvalue weighted by molar-refractivity contribution is 5.93. The van der Waals surface area contributed by atoms with E-state index in [-0.39, 0.29) is 17.1 Å². The van der Waals surface area contributed by atoms with E-state index in [2.05, 4.69) is 25.2 Å². The van der Waals surface area contributed by atoms with Gasteiger partial charge in [-0.25, -0.2) is 9.97 Å². The van der Waals surface area contributed by atoms with Crippen LogP contribution in [0.25, 0.3) is 27.8 Å². The topological polar surface area (TPSA) is 119 Å². The van der Waals surface area contributed by atoms with E-state index in [9.17, 15) is 9.59 Å². The molecule has 1 amide bonds. The number of aromatic nitrogens is 5. The molecule has 0 aliphatic carbocycles. The second-order valence-corrected chi connectivity index (χ2v) is 8.32. The van der Waals surface area contributed by atoms with Crippen LogP contribution in [0.3, 0.4) is 0 Å². The van der Waals surface area contributed by atoms with Crippen LogP contribution in [0, 0.1) is 0 Å². The van der Waals surface area contributed by atoms with Gasteiger partial charge in [0.05, 0.1) is 18.2 Å². The molecule has 1 fully saturated rings. The standard InChI is InChI=1S/C25H21N7O4/c1-35-17-8-6-16(7-9-17)32-24-22(28-29-32)23(26-15-27-24)30-10-12-31(13-11-30)25(34)21-14-19(33)18-4-2-3-5-20(18)36-21/h2-9,14-15H,10-13H2,1H3. The normalized spacial score (nSPS) is 13.9. The van der Waals surface area contributed by atoms with Crippen molar-refractivity contribution in [3.05, 3.63) is 76.9 Å². The van der Waals surface area contributed by atoms with Gasteiger partial charge in [-0.2, -0.15) is 4.68 Å². The number of ether oxygens (including phenoxy) is 1. The quantitative estimate of drug-likeness (QED) is 0.379. The number of carbonyl (C=O) groups is 1. The van der Waals surface area contributed by atoms with E-state index in [4.69, 9.17) is 9.15 Å². The lowest BCUT2D eigenvalue weighted by Crippen LogP contribution is -2.49. The minimum atomic E-state index is -0.309. The first-order valence-electron chi connectivity index (χ1n) is 11.4. The minimum Gasteiger partial charge on any atom is -0.497 e. The first kappa shape index (κ1) is 21.7. The van der Waals surface area contributed by atoms with Gasteiger partial charge in [-0.15, -0.1) is 5.10 Å². The molecule has 0 spiro atoms. The SMILES string of the molecule is COc1ccc(-n2nnc3c(N4CCN(C(=O)c5cc(=O)c6ccccc6o5)CC4)ncnc32)cc1. The van der Waals surface area contributed by atoms with Crippen molar-refractivity contribution in [2.24, 2.45) is 0 Å². The Morgan fingerprint density at radius 1 is 1.00 bits per heavy atom. The maximum absolute atomic E-state index is 13.1. The number of carbonyl (C=O) groups excluding carboxylic acids is 1. The molecule has 5 aromatic rings. The molecular weight excluding hydrogens is 462 g/mol. The number of benzene rings is 2. The van der Waals surface area contributed by atoms with Gasteiger partial charge in [-0.05, 0) is 36.4 Å². The maximum Gasteiger partial charge on any atom is 0.289 e. The average Bonchev–Trinajstić information content (AvgIpc) is 3.37. The molecule has 1 saturated heterocycles. The Morgan fingerprint density at radius 2 is 1.78 bits per heavy atom. The molecule has 1 aliphatic rings. The van der Waals surface area contributed by atoms with Crippen molar-refractivity contribution >= 4 is 33.9 Å². The summed E-state index contributed by atoms with van der Waals surface area (Å²) in [7, 11) is 1.62. The van der Waals surface area contributed by atoms with Crippen molar-refractivity contribution in [3.63, 3.8) is 0 Å². The number of methoxy groups -OCH3 is 1. The van der Waals surface area contributed by atoms with E-state index in [1.54, 1.807) is 41.0 Å². The zero-order chi connectivity index (χ0) is 24.6. The molecular formula is C25H21N7O4. The highest BCUT2D eigenvalue weighted by Crippen LogP contribution is 2.25. The first-order chi connectivity index (χ1) is 17.6. The third-order valence-corrected chi connectivity index (χ3v) is 6.25. The van der Waals surface area contributed by atoms with Gasteiger partial charge >= 0.3 is 0 Å². The summed E-state index contributed by atoms with van der Waals surface area (Å²) >= 11 is 0. The second kappa shape index (κ2) is 8.77. The van der Waals surface area contributed by atoms with Crippen LogP contribution in [0.4, 0.5) is 5.82 Å². The van der Waals surface area contributed by atoms with E-state index in [0.29, 0.717) is 54.1 Å². The molecule has 11 nitrogen and oxygen atoms in total. The molecule has 4 heterocycles. The molecule has 0 atom stereocenters. The predicted molar refractivity (Wildman–Crippen MR) is 132 cm³/mol. The summed E-state index contributed by atoms with van der Waals surface area (Å²) < 4.78 is 12.6. The van der Waals surface area contributed by atoms with E-state index < -0.39 is 0 Å². The third-order valence-electron chi connectivity index (χ3n) is 6.25. The van der Waals surface area contributed by atoms with Crippen LogP contribution in [-0.4, -0.2) is 69.1 Å². The van der Waals surface area contributed by atoms with Gasteiger partial charge in [0.1, 0.15) is 17.7 Å². The summed E-state index contributed by atoms with van der Waals surface area (Å²) in [5, 5.41) is 9.07. The van der Waals surface area contributed by atoms with Crippen LogP contribution in [0.5, 0.6) is 5.75 Å². The summed E-state index contributed by atoms with van der Waals surface area (Å²) in [4.78, 5) is 38.1. The molecule has 0 N–H and O–H groups in total. The number of piperazine rings is 1. The summed E-state index contributed by atoms with van der Waals surface area (Å²) in [5.41, 5.74) is 2.13. The molecule has 0 bridgehead atoms. The van der Waals surface area contributed by atoms with Crippen molar-refractivity contribution in [1.29, 1.82) is 0 Å². The molecule has 36 heavy (non-hydrogen) atoms. The Kier molecular flexibility index (Phi) is 5.29. The number of fused-ring (bicyclic) bond motifs is 2. The van der Waals surface area contributed by atoms with Crippen LogP contribution in [0.15, 0.2) is 70.1 Å². The van der Waals surface area contributed by atoms with Crippen LogP contribution in [0.1, 0.15) is 10.6 Å². The van der Waals surface area contributed by atoms with Crippen LogP contribution >= 0.6 is 0 Å². The fourth-order valence-corrected chi connectivity index (χ4v) is 4.35. The molecule has 11 heteroatoms. The number of nitrogens with zero attached hydrogens (tertiary/aromatic N) is 7. The molecule has 3 aromatic heterocycles. The van der Waals surface area contributed by atoms with Crippen molar-refractivity contribution in [2.75, 3.05) is 38.2 Å². The van der Waals surface area contributed by atoms with Crippen LogP contribution in [-0.2, 0) is 0 Å². The summed E-state index contributed by atoms with van der Waals surface area (Å²) in [6, 6.07) is 15.6. The monoisotopic (exact) mass is 483 g/mol. The van der Waals surface area contributed by atoms with Crippen molar-refractivity contribution in [1.82, 2.24) is 29.9 Å². The fourth-order valence-electron chi connectivity index (χ4n) is 4.35. The predicted octanol–water partition coefficient (Wildman–Crippen LogP) is 2.29. The maximum atomic E-state index is 13.1. The number of rotatable bonds is 4. The van der Waals surface area contributed by atoms with Gasteiger partial charge in [0.2, 0.25) is 0 Å². The number of hydrogen-bond donors (Lipinski definition) is 0. The van der Waals surface area contributed by atoms with Crippen LogP contribution < -0.4 is 15.1 Å². The van der Waals surface area contributed by atoms with Gasteiger partial charge in [0.25, 0.3) is 5.91 Å². The van der Waals surface area contributed by atoms with Gasteiger partial charge in [-0.1, -0.05) is 17.3 Å². The van der Waals surface area contributed by atoms with Crippen molar-refractivity contribution in [3.8, 4) is 11.4 Å². The molecule has 6 rings (SSSR count). The van der Waals surface area contributed by atoms with E-state index in [0.717, 1.165) is 11.4 Å².